The second-order valence-corrected chi connectivity index (χ2v) is 7.44. The second kappa shape index (κ2) is 5.82. The number of anilines is 2. The topological polar surface area (TPSA) is 92.7 Å². The highest BCUT2D eigenvalue weighted by Gasteiger charge is 2.25. The van der Waals surface area contributed by atoms with E-state index in [9.17, 15) is 8.42 Å². The van der Waals surface area contributed by atoms with Crippen LogP contribution in [0.4, 0.5) is 11.4 Å². The van der Waals surface area contributed by atoms with Gasteiger partial charge in [0.1, 0.15) is 0 Å². The van der Waals surface area contributed by atoms with Crippen LogP contribution >= 0.6 is 0 Å². The minimum Gasteiger partial charge on any atom is -0.399 e. The zero-order valence-corrected chi connectivity index (χ0v) is 13.7. The molecule has 4 N–H and O–H groups in total. The van der Waals surface area contributed by atoms with Crippen LogP contribution < -0.4 is 15.8 Å². The van der Waals surface area contributed by atoms with E-state index in [4.69, 9.17) is 10.9 Å². The molecular formula is C14H24N4O2S. The van der Waals surface area contributed by atoms with Crippen molar-refractivity contribution in [3.05, 3.63) is 17.7 Å². The Hall–Kier alpha value is -1.31. The van der Waals surface area contributed by atoms with E-state index >= 15 is 0 Å². The predicted molar refractivity (Wildman–Crippen MR) is 85.9 cm³/mol. The molecule has 1 heterocycles. The van der Waals surface area contributed by atoms with Crippen molar-refractivity contribution in [2.75, 3.05) is 37.8 Å². The van der Waals surface area contributed by atoms with Crippen LogP contribution in [0, 0.1) is 6.92 Å². The lowest BCUT2D eigenvalue weighted by Crippen LogP contribution is -2.45. The minimum absolute atomic E-state index is 0.115. The first-order valence-electron chi connectivity index (χ1n) is 7.04. The van der Waals surface area contributed by atoms with Gasteiger partial charge in [-0.05, 0) is 51.6 Å². The summed E-state index contributed by atoms with van der Waals surface area (Å²) in [6, 6.07) is 3.72. The molecule has 1 saturated heterocycles. The van der Waals surface area contributed by atoms with Crippen molar-refractivity contribution >= 4 is 21.4 Å². The number of hydrogen-bond acceptors (Lipinski definition) is 5. The lowest BCUT2D eigenvalue weighted by atomic mass is 10.0. The molecule has 0 bridgehead atoms. The Morgan fingerprint density at radius 1 is 1.33 bits per heavy atom. The molecule has 21 heavy (non-hydrogen) atoms. The molecule has 7 heteroatoms. The first-order valence-corrected chi connectivity index (χ1v) is 8.59. The number of likely N-dealkylation sites (N-methyl/N-ethyl adjacent to an activating group) is 1. The molecule has 1 aliphatic heterocycles. The third-order valence-corrected chi connectivity index (χ3v) is 5.17. The Labute approximate surface area is 126 Å². The second-order valence-electron chi connectivity index (χ2n) is 5.91. The number of nitrogens with two attached hydrogens (primary N) is 2. The van der Waals surface area contributed by atoms with Crippen LogP contribution in [0.5, 0.6) is 0 Å². The molecule has 1 aliphatic rings. The molecule has 0 saturated carbocycles. The lowest BCUT2D eigenvalue weighted by Gasteiger charge is -2.38. The standard InChI is InChI=1S/C14H24N4O2S/c1-10-13(7-11(15)8-14(10)21(16,19)20)18-6-4-5-12(9-18)17(2)3/h7-8,12H,4-6,9,15H2,1-3H3,(H2,16,19,20). The number of rotatable bonds is 3. The van der Waals surface area contributed by atoms with Crippen LogP contribution in [0.3, 0.4) is 0 Å². The minimum atomic E-state index is -3.76. The molecule has 118 valence electrons. The number of nitrogens with zero attached hydrogens (tertiary/aromatic N) is 2. The third kappa shape index (κ3) is 3.48. The molecule has 0 aliphatic carbocycles. The Kier molecular flexibility index (Phi) is 4.46. The maximum atomic E-state index is 11.7. The number of nitrogen functional groups attached to an aromatic ring is 1. The summed E-state index contributed by atoms with van der Waals surface area (Å²) in [4.78, 5) is 4.52. The Morgan fingerprint density at radius 2 is 2.00 bits per heavy atom. The van der Waals surface area contributed by atoms with E-state index < -0.39 is 10.0 Å². The average Bonchev–Trinajstić information content (AvgIpc) is 2.40. The van der Waals surface area contributed by atoms with E-state index in [1.165, 1.54) is 6.07 Å². The van der Waals surface area contributed by atoms with Crippen LogP contribution in [-0.4, -0.2) is 46.5 Å². The SMILES string of the molecule is Cc1c(N2CCCC(N(C)C)C2)cc(N)cc1S(N)(=O)=O. The van der Waals surface area contributed by atoms with E-state index in [1.54, 1.807) is 6.92 Å². The van der Waals surface area contributed by atoms with Gasteiger partial charge in [0.2, 0.25) is 10.0 Å². The van der Waals surface area contributed by atoms with Gasteiger partial charge in [-0.1, -0.05) is 0 Å². The quantitative estimate of drug-likeness (QED) is 0.804. The fraction of sp³-hybridized carbons (Fsp3) is 0.571. The van der Waals surface area contributed by atoms with E-state index in [0.29, 0.717) is 17.3 Å². The van der Waals surface area contributed by atoms with Crippen molar-refractivity contribution in [2.45, 2.75) is 30.7 Å². The van der Waals surface area contributed by atoms with Crippen molar-refractivity contribution in [1.82, 2.24) is 4.90 Å². The number of sulfonamides is 1. The zero-order valence-electron chi connectivity index (χ0n) is 12.8. The van der Waals surface area contributed by atoms with E-state index in [2.05, 4.69) is 23.9 Å². The van der Waals surface area contributed by atoms with Crippen LogP contribution in [0.15, 0.2) is 17.0 Å². The van der Waals surface area contributed by atoms with Gasteiger partial charge >= 0.3 is 0 Å². The normalized spacial score (nSPS) is 20.0. The summed E-state index contributed by atoms with van der Waals surface area (Å²) in [6.45, 7) is 3.55. The Balaban J connectivity index is 2.42. The van der Waals surface area contributed by atoms with Crippen molar-refractivity contribution in [3.8, 4) is 0 Å². The highest BCUT2D eigenvalue weighted by molar-refractivity contribution is 7.89. The Morgan fingerprint density at radius 3 is 2.57 bits per heavy atom. The van der Waals surface area contributed by atoms with Crippen LogP contribution in [0.2, 0.25) is 0 Å². The van der Waals surface area contributed by atoms with Crippen molar-refractivity contribution < 1.29 is 8.42 Å². The molecule has 0 amide bonds. The van der Waals surface area contributed by atoms with Gasteiger partial charge in [-0.25, -0.2) is 13.6 Å². The van der Waals surface area contributed by atoms with Gasteiger partial charge in [-0.3, -0.25) is 0 Å². The zero-order chi connectivity index (χ0) is 15.8. The van der Waals surface area contributed by atoms with E-state index in [0.717, 1.165) is 31.6 Å². The van der Waals surface area contributed by atoms with E-state index in [1.807, 2.05) is 6.07 Å². The molecule has 0 spiro atoms. The smallest absolute Gasteiger partial charge is 0.238 e. The molecule has 1 unspecified atom stereocenters. The number of primary sulfonamides is 1. The monoisotopic (exact) mass is 312 g/mol. The van der Waals surface area contributed by atoms with Gasteiger partial charge in [0, 0.05) is 30.5 Å². The fourth-order valence-electron chi connectivity index (χ4n) is 2.91. The molecule has 1 atom stereocenters. The van der Waals surface area contributed by atoms with Gasteiger partial charge in [0.15, 0.2) is 0 Å². The first kappa shape index (κ1) is 16.1. The molecule has 1 fully saturated rings. The van der Waals surface area contributed by atoms with Crippen LogP contribution in [0.25, 0.3) is 0 Å². The largest absolute Gasteiger partial charge is 0.399 e. The number of benzene rings is 1. The highest BCUT2D eigenvalue weighted by Crippen LogP contribution is 2.31. The summed E-state index contributed by atoms with van der Waals surface area (Å²) in [5, 5.41) is 5.29. The lowest BCUT2D eigenvalue weighted by molar-refractivity contribution is 0.258. The summed E-state index contributed by atoms with van der Waals surface area (Å²) >= 11 is 0. The van der Waals surface area contributed by atoms with Gasteiger partial charge < -0.3 is 15.5 Å². The molecule has 1 aromatic carbocycles. The summed E-state index contributed by atoms with van der Waals surface area (Å²) in [6.07, 6.45) is 2.22. The van der Waals surface area contributed by atoms with Gasteiger partial charge in [-0.15, -0.1) is 0 Å². The van der Waals surface area contributed by atoms with Crippen LogP contribution in [-0.2, 0) is 10.0 Å². The first-order chi connectivity index (χ1) is 9.70. The van der Waals surface area contributed by atoms with Gasteiger partial charge in [0.25, 0.3) is 0 Å². The summed E-state index contributed by atoms with van der Waals surface area (Å²) in [5.41, 5.74) is 7.83. The maximum Gasteiger partial charge on any atom is 0.238 e. The number of piperidine rings is 1. The van der Waals surface area contributed by atoms with Gasteiger partial charge in [0.05, 0.1) is 4.90 Å². The number of hydrogen-bond donors (Lipinski definition) is 2. The fourth-order valence-corrected chi connectivity index (χ4v) is 3.74. The third-order valence-electron chi connectivity index (χ3n) is 4.13. The van der Waals surface area contributed by atoms with Gasteiger partial charge in [-0.2, -0.15) is 0 Å². The molecule has 2 rings (SSSR count). The Bertz CT molecular complexity index is 628. The van der Waals surface area contributed by atoms with Crippen molar-refractivity contribution in [1.29, 1.82) is 0 Å². The molecule has 0 radical (unpaired) electrons. The predicted octanol–water partition coefficient (Wildman–Crippen LogP) is 0.755. The van der Waals surface area contributed by atoms with Crippen molar-refractivity contribution in [3.63, 3.8) is 0 Å². The van der Waals surface area contributed by atoms with Crippen LogP contribution in [0.1, 0.15) is 18.4 Å². The molecule has 1 aromatic rings. The summed E-state index contributed by atoms with van der Waals surface area (Å²) in [5.74, 6) is 0. The molecular weight excluding hydrogens is 288 g/mol. The van der Waals surface area contributed by atoms with E-state index in [-0.39, 0.29) is 4.90 Å². The molecule has 6 nitrogen and oxygen atoms in total. The molecule has 0 aromatic heterocycles. The summed E-state index contributed by atoms with van der Waals surface area (Å²) in [7, 11) is 0.367. The summed E-state index contributed by atoms with van der Waals surface area (Å²) < 4.78 is 23.4. The van der Waals surface area contributed by atoms with Crippen molar-refractivity contribution in [2.24, 2.45) is 5.14 Å². The average molecular weight is 312 g/mol. The highest BCUT2D eigenvalue weighted by atomic mass is 32.2. The maximum absolute atomic E-state index is 11.7.